The Kier molecular flexibility index (Phi) is 4.54. The van der Waals surface area contributed by atoms with Crippen LogP contribution in [0, 0.1) is 0 Å². The molecule has 0 spiro atoms. The molecule has 8 heteroatoms. The Morgan fingerprint density at radius 1 is 1.21 bits per heavy atom. The maximum atomic E-state index is 10.2. The fraction of sp³-hybridized carbons (Fsp3) is 0.375. The Labute approximate surface area is 149 Å². The van der Waals surface area contributed by atoms with Gasteiger partial charge in [-0.1, -0.05) is 24.4 Å². The van der Waals surface area contributed by atoms with Crippen molar-refractivity contribution in [1.29, 1.82) is 0 Å². The highest BCUT2D eigenvalue weighted by molar-refractivity contribution is 9.10. The van der Waals surface area contributed by atoms with Crippen LogP contribution >= 0.6 is 15.9 Å². The summed E-state index contributed by atoms with van der Waals surface area (Å²) in [6.45, 7) is 7.93. The van der Waals surface area contributed by atoms with E-state index >= 15 is 0 Å². The lowest BCUT2D eigenvalue weighted by molar-refractivity contribution is -0.912. The zero-order chi connectivity index (χ0) is 17.5. The summed E-state index contributed by atoms with van der Waals surface area (Å²) in [4.78, 5) is 0. The molecule has 128 valence electrons. The molecule has 0 aliphatic carbocycles. The fourth-order valence-electron chi connectivity index (χ4n) is 2.68. The van der Waals surface area contributed by atoms with Gasteiger partial charge in [-0.25, -0.2) is 0 Å². The van der Waals surface area contributed by atoms with Crippen molar-refractivity contribution in [1.82, 2.24) is 4.57 Å². The first-order valence-corrected chi connectivity index (χ1v) is 12.3. The number of hydrogen-bond donors (Lipinski definition) is 2. The average molecular weight is 412 g/mol. The molecular weight excluding hydrogens is 390 g/mol. The van der Waals surface area contributed by atoms with E-state index in [0.29, 0.717) is 23.6 Å². The molecule has 0 amide bonds. The standard InChI is InChI=1S/C16H22BrN3O3Si/c1-24(2,3)8-7-23-11-18-14-10-20(22)15(17)9-13(14)12-5-4-6-19(21)16(12)18/h4-6,9-10,21-22H,7-8,11H2,1-3H3/q+2. The van der Waals surface area contributed by atoms with Gasteiger partial charge in [0.05, 0.1) is 10.8 Å². The van der Waals surface area contributed by atoms with Crippen LogP contribution in [0.3, 0.4) is 0 Å². The summed E-state index contributed by atoms with van der Waals surface area (Å²) in [6, 6.07) is 6.63. The predicted octanol–water partition coefficient (Wildman–Crippen LogP) is 2.92. The SMILES string of the molecule is C[Si](C)(C)CCOCn1c2c[n+](O)c(Br)cc2c2ccc[n+](O)c21. The van der Waals surface area contributed by atoms with E-state index in [1.807, 2.05) is 16.7 Å². The van der Waals surface area contributed by atoms with E-state index in [-0.39, 0.29) is 0 Å². The average Bonchev–Trinajstić information content (AvgIpc) is 2.78. The van der Waals surface area contributed by atoms with Crippen molar-refractivity contribution in [3.8, 4) is 0 Å². The molecule has 0 radical (unpaired) electrons. The zero-order valence-corrected chi connectivity index (χ0v) is 16.6. The third-order valence-electron chi connectivity index (χ3n) is 4.00. The topological polar surface area (TPSA) is 62.4 Å². The lowest BCUT2D eigenvalue weighted by atomic mass is 10.2. The van der Waals surface area contributed by atoms with Crippen LogP contribution in [0.5, 0.6) is 0 Å². The minimum absolute atomic E-state index is 0.316. The van der Waals surface area contributed by atoms with Gasteiger partial charge in [-0.2, -0.15) is 4.57 Å². The zero-order valence-electron chi connectivity index (χ0n) is 14.0. The maximum absolute atomic E-state index is 10.2. The number of pyridine rings is 2. The number of rotatable bonds is 5. The first-order chi connectivity index (χ1) is 11.3. The summed E-state index contributed by atoms with van der Waals surface area (Å²) < 4.78 is 10.4. The third kappa shape index (κ3) is 3.26. The Balaban J connectivity index is 2.05. The quantitative estimate of drug-likeness (QED) is 0.223. The number of fused-ring (bicyclic) bond motifs is 3. The summed E-state index contributed by atoms with van der Waals surface area (Å²) in [6.07, 6.45) is 3.20. The van der Waals surface area contributed by atoms with Crippen LogP contribution < -0.4 is 9.46 Å². The first-order valence-electron chi connectivity index (χ1n) is 7.82. The second kappa shape index (κ2) is 6.34. The molecule has 0 bridgehead atoms. The molecule has 0 unspecified atom stereocenters. The van der Waals surface area contributed by atoms with E-state index in [0.717, 1.165) is 31.8 Å². The molecule has 2 N–H and O–H groups in total. The summed E-state index contributed by atoms with van der Waals surface area (Å²) in [5.74, 6) is 0. The maximum Gasteiger partial charge on any atom is 0.331 e. The van der Waals surface area contributed by atoms with Crippen LogP contribution in [-0.2, 0) is 11.5 Å². The summed E-state index contributed by atoms with van der Waals surface area (Å²) in [7, 11) is -1.15. The summed E-state index contributed by atoms with van der Waals surface area (Å²) in [5.41, 5.74) is 1.43. The number of hydrogen-bond acceptors (Lipinski definition) is 3. The van der Waals surface area contributed by atoms with Gasteiger partial charge < -0.3 is 9.94 Å². The van der Waals surface area contributed by atoms with Crippen molar-refractivity contribution in [3.63, 3.8) is 0 Å². The molecule has 3 aromatic rings. The molecule has 0 aliphatic rings. The van der Waals surface area contributed by atoms with Gasteiger partial charge in [-0.05, 0) is 18.2 Å². The Hall–Kier alpha value is -1.64. The second-order valence-corrected chi connectivity index (χ2v) is 13.5. The molecule has 0 aromatic carbocycles. The highest BCUT2D eigenvalue weighted by Gasteiger charge is 2.26. The lowest BCUT2D eigenvalue weighted by Gasteiger charge is -2.14. The second-order valence-electron chi connectivity index (χ2n) is 7.11. The van der Waals surface area contributed by atoms with Crippen molar-refractivity contribution < 1.29 is 24.6 Å². The summed E-state index contributed by atoms with van der Waals surface area (Å²) >= 11 is 3.32. The highest BCUT2D eigenvalue weighted by atomic mass is 79.9. The number of halogens is 1. The summed E-state index contributed by atoms with van der Waals surface area (Å²) in [5, 5.41) is 22.0. The minimum atomic E-state index is -1.15. The fourth-order valence-corrected chi connectivity index (χ4v) is 3.77. The predicted molar refractivity (Wildman–Crippen MR) is 96.0 cm³/mol. The van der Waals surface area contributed by atoms with Crippen LogP contribution in [0.1, 0.15) is 0 Å². The van der Waals surface area contributed by atoms with Crippen molar-refractivity contribution in [2.75, 3.05) is 6.61 Å². The van der Waals surface area contributed by atoms with Gasteiger partial charge in [-0.3, -0.25) is 5.21 Å². The van der Waals surface area contributed by atoms with Crippen molar-refractivity contribution in [3.05, 3.63) is 35.2 Å². The van der Waals surface area contributed by atoms with E-state index < -0.39 is 8.07 Å². The molecule has 6 nitrogen and oxygen atoms in total. The molecule has 0 atom stereocenters. The molecule has 3 rings (SSSR count). The molecule has 24 heavy (non-hydrogen) atoms. The molecule has 0 saturated heterocycles. The number of ether oxygens (including phenoxy) is 1. The van der Waals surface area contributed by atoms with Crippen LogP contribution in [-0.4, -0.2) is 29.7 Å². The third-order valence-corrected chi connectivity index (χ3v) is 6.30. The van der Waals surface area contributed by atoms with Crippen LogP contribution in [0.4, 0.5) is 0 Å². The monoisotopic (exact) mass is 411 g/mol. The van der Waals surface area contributed by atoms with Gasteiger partial charge in [0, 0.05) is 41.4 Å². The van der Waals surface area contributed by atoms with Gasteiger partial charge in [-0.15, -0.1) is 0 Å². The highest BCUT2D eigenvalue weighted by Crippen LogP contribution is 2.27. The van der Waals surface area contributed by atoms with Gasteiger partial charge in [0.15, 0.2) is 6.73 Å². The largest absolute Gasteiger partial charge is 0.350 e. The Bertz CT molecular complexity index is 905. The lowest BCUT2D eigenvalue weighted by Crippen LogP contribution is -2.33. The van der Waals surface area contributed by atoms with Gasteiger partial charge in [0.2, 0.25) is 5.52 Å². The molecule has 3 aromatic heterocycles. The van der Waals surface area contributed by atoms with Crippen molar-refractivity contribution in [2.45, 2.75) is 32.4 Å². The normalized spacial score (nSPS) is 12.3. The number of aromatic nitrogens is 3. The van der Waals surface area contributed by atoms with Gasteiger partial charge >= 0.3 is 5.65 Å². The van der Waals surface area contributed by atoms with Crippen LogP contribution in [0.25, 0.3) is 21.9 Å². The van der Waals surface area contributed by atoms with Crippen LogP contribution in [0.15, 0.2) is 35.2 Å². The van der Waals surface area contributed by atoms with Crippen LogP contribution in [0.2, 0.25) is 25.7 Å². The molecule has 0 saturated carbocycles. The van der Waals surface area contributed by atoms with E-state index in [9.17, 15) is 10.4 Å². The van der Waals surface area contributed by atoms with Gasteiger partial charge in [0.1, 0.15) is 6.20 Å². The first kappa shape index (κ1) is 17.2. The molecule has 3 heterocycles. The van der Waals surface area contributed by atoms with E-state index in [1.165, 1.54) is 0 Å². The Morgan fingerprint density at radius 3 is 2.67 bits per heavy atom. The minimum Gasteiger partial charge on any atom is -0.350 e. The van der Waals surface area contributed by atoms with E-state index in [1.54, 1.807) is 18.5 Å². The molecule has 0 aliphatic heterocycles. The Morgan fingerprint density at radius 2 is 1.96 bits per heavy atom. The van der Waals surface area contributed by atoms with E-state index in [2.05, 4.69) is 35.6 Å². The van der Waals surface area contributed by atoms with E-state index in [4.69, 9.17) is 4.74 Å². The van der Waals surface area contributed by atoms with Crippen molar-refractivity contribution >= 4 is 45.9 Å². The number of nitrogens with zero attached hydrogens (tertiary/aromatic N) is 3. The smallest absolute Gasteiger partial charge is 0.331 e. The molecule has 0 fully saturated rings. The van der Waals surface area contributed by atoms with Gasteiger partial charge in [0.25, 0.3) is 10.8 Å². The molecular formula is C16H22BrN3O3Si+2. The van der Waals surface area contributed by atoms with Crippen molar-refractivity contribution in [2.24, 2.45) is 0 Å².